The third kappa shape index (κ3) is 7.45. The van der Waals surface area contributed by atoms with Crippen molar-refractivity contribution in [1.82, 2.24) is 15.1 Å². The van der Waals surface area contributed by atoms with Crippen molar-refractivity contribution >= 4 is 35.3 Å². The third-order valence-corrected chi connectivity index (χ3v) is 6.34. The highest BCUT2D eigenvalue weighted by Crippen LogP contribution is 2.19. The summed E-state index contributed by atoms with van der Waals surface area (Å²) in [4.78, 5) is 53.5. The minimum atomic E-state index is -0.759. The molecule has 1 heterocycles. The minimum Gasteiger partial charge on any atom is -0.466 e. The monoisotopic (exact) mass is 479 g/mol. The Hall–Kier alpha value is -2.61. The summed E-state index contributed by atoms with van der Waals surface area (Å²) in [7, 11) is 1.56. The molecule has 1 aliphatic rings. The molecule has 1 aromatic carbocycles. The molecule has 1 aliphatic heterocycles. The van der Waals surface area contributed by atoms with Crippen LogP contribution in [0.25, 0.3) is 0 Å². The summed E-state index contributed by atoms with van der Waals surface area (Å²) in [5.74, 6) is -1.39. The topological polar surface area (TPSA) is 96.0 Å². The van der Waals surface area contributed by atoms with Gasteiger partial charge in [-0.1, -0.05) is 31.9 Å². The molecule has 1 aromatic rings. The van der Waals surface area contributed by atoms with Crippen molar-refractivity contribution in [3.8, 4) is 0 Å². The van der Waals surface area contributed by atoms with Gasteiger partial charge in [0.1, 0.15) is 6.04 Å². The van der Waals surface area contributed by atoms with Crippen LogP contribution in [0.15, 0.2) is 24.3 Å². The summed E-state index contributed by atoms with van der Waals surface area (Å²) < 4.78 is 5.07. The van der Waals surface area contributed by atoms with E-state index in [1.165, 1.54) is 4.90 Å². The normalized spacial score (nSPS) is 16.0. The summed E-state index contributed by atoms with van der Waals surface area (Å²) in [5.41, 5.74) is 0.406. The Labute approximate surface area is 200 Å². The number of likely N-dealkylation sites (N-methyl/N-ethyl adjacent to an activating group) is 1. The van der Waals surface area contributed by atoms with Crippen molar-refractivity contribution in [3.63, 3.8) is 0 Å². The summed E-state index contributed by atoms with van der Waals surface area (Å²) in [6.07, 6.45) is 1.78. The molecule has 9 heteroatoms. The van der Waals surface area contributed by atoms with E-state index in [0.717, 1.165) is 0 Å². The smallest absolute Gasteiger partial charge is 0.309 e. The number of amides is 3. The predicted molar refractivity (Wildman–Crippen MR) is 126 cm³/mol. The highest BCUT2D eigenvalue weighted by molar-refractivity contribution is 6.30. The van der Waals surface area contributed by atoms with E-state index >= 15 is 0 Å². The number of rotatable bonds is 9. The Balaban J connectivity index is 1.96. The average molecular weight is 480 g/mol. The number of hydrogen-bond acceptors (Lipinski definition) is 5. The van der Waals surface area contributed by atoms with Gasteiger partial charge in [-0.15, -0.1) is 0 Å². The Morgan fingerprint density at radius 1 is 1.15 bits per heavy atom. The molecule has 1 fully saturated rings. The van der Waals surface area contributed by atoms with E-state index in [1.807, 2.05) is 13.8 Å². The van der Waals surface area contributed by atoms with E-state index in [1.54, 1.807) is 43.1 Å². The largest absolute Gasteiger partial charge is 0.466 e. The zero-order chi connectivity index (χ0) is 24.5. The van der Waals surface area contributed by atoms with Crippen molar-refractivity contribution in [2.24, 2.45) is 11.8 Å². The molecule has 0 aromatic heterocycles. The Kier molecular flexibility index (Phi) is 10.2. The fourth-order valence-corrected chi connectivity index (χ4v) is 3.88. The van der Waals surface area contributed by atoms with Crippen LogP contribution in [0.2, 0.25) is 5.02 Å². The van der Waals surface area contributed by atoms with E-state index in [2.05, 4.69) is 5.32 Å². The number of carbonyl (C=O) groups excluding carboxylic acids is 4. The van der Waals surface area contributed by atoms with Crippen molar-refractivity contribution in [2.45, 2.75) is 46.1 Å². The van der Waals surface area contributed by atoms with E-state index < -0.39 is 6.04 Å². The van der Waals surface area contributed by atoms with Gasteiger partial charge in [0.05, 0.1) is 19.1 Å². The van der Waals surface area contributed by atoms with Gasteiger partial charge in [0.15, 0.2) is 0 Å². The Bertz CT molecular complexity index is 837. The molecule has 1 N–H and O–H groups in total. The van der Waals surface area contributed by atoms with Gasteiger partial charge in [-0.2, -0.15) is 0 Å². The maximum absolute atomic E-state index is 13.2. The second-order valence-electron chi connectivity index (χ2n) is 8.44. The van der Waals surface area contributed by atoms with E-state index in [9.17, 15) is 19.2 Å². The van der Waals surface area contributed by atoms with E-state index in [0.29, 0.717) is 49.5 Å². The van der Waals surface area contributed by atoms with Gasteiger partial charge >= 0.3 is 5.97 Å². The molecule has 0 bridgehead atoms. The van der Waals surface area contributed by atoms with Crippen LogP contribution in [0, 0.1) is 11.8 Å². The Morgan fingerprint density at radius 3 is 2.30 bits per heavy atom. The highest BCUT2D eigenvalue weighted by atomic mass is 35.5. The molecule has 2 rings (SSSR count). The fraction of sp³-hybridized carbons (Fsp3) is 0.583. The number of esters is 1. The number of piperidine rings is 1. The van der Waals surface area contributed by atoms with Gasteiger partial charge in [0.2, 0.25) is 11.8 Å². The maximum atomic E-state index is 13.2. The van der Waals surface area contributed by atoms with Gasteiger partial charge in [-0.3, -0.25) is 19.2 Å². The summed E-state index contributed by atoms with van der Waals surface area (Å²) in [5, 5.41) is 3.34. The van der Waals surface area contributed by atoms with Gasteiger partial charge in [-0.05, 0) is 49.9 Å². The van der Waals surface area contributed by atoms with Crippen LogP contribution >= 0.6 is 11.6 Å². The predicted octanol–water partition coefficient (Wildman–Crippen LogP) is 2.74. The zero-order valence-corrected chi connectivity index (χ0v) is 20.6. The molecule has 0 saturated carbocycles. The quantitative estimate of drug-likeness (QED) is 0.549. The van der Waals surface area contributed by atoms with Crippen LogP contribution in [0.3, 0.4) is 0 Å². The Morgan fingerprint density at radius 2 is 1.76 bits per heavy atom. The maximum Gasteiger partial charge on any atom is 0.309 e. The second-order valence-corrected chi connectivity index (χ2v) is 8.88. The molecule has 0 radical (unpaired) electrons. The van der Waals surface area contributed by atoms with Gasteiger partial charge in [-0.25, -0.2) is 0 Å². The lowest BCUT2D eigenvalue weighted by Crippen LogP contribution is -2.53. The number of hydrogen-bond donors (Lipinski definition) is 1. The lowest BCUT2D eigenvalue weighted by Gasteiger charge is -2.33. The molecular weight excluding hydrogens is 446 g/mol. The van der Waals surface area contributed by atoms with Crippen molar-refractivity contribution in [2.75, 3.05) is 33.3 Å². The molecule has 2 atom stereocenters. The first-order valence-corrected chi connectivity index (χ1v) is 11.8. The SMILES string of the molecule is CCOC(=O)C1CCN(C(=O)CN(C)C(=O)C(NC(=O)c2ccc(Cl)cc2)C(C)CC)CC1. The molecule has 1 saturated heterocycles. The standard InChI is InChI=1S/C24H34ClN3O5/c1-5-16(3)21(26-22(30)17-7-9-19(25)10-8-17)23(31)27(4)15-20(29)28-13-11-18(12-14-28)24(32)33-6-2/h7-10,16,18,21H,5-6,11-15H2,1-4H3,(H,26,30). The molecule has 3 amide bonds. The molecule has 0 spiro atoms. The third-order valence-electron chi connectivity index (χ3n) is 6.09. The van der Waals surface area contributed by atoms with Crippen LogP contribution in [0.4, 0.5) is 0 Å². The molecule has 2 unspecified atom stereocenters. The highest BCUT2D eigenvalue weighted by Gasteiger charge is 2.32. The fourth-order valence-electron chi connectivity index (χ4n) is 3.75. The second kappa shape index (κ2) is 12.6. The number of nitrogens with zero attached hydrogens (tertiary/aromatic N) is 2. The number of nitrogens with one attached hydrogen (secondary N) is 1. The van der Waals surface area contributed by atoms with Crippen LogP contribution in [0.5, 0.6) is 0 Å². The van der Waals surface area contributed by atoms with Gasteiger partial charge in [0, 0.05) is 30.7 Å². The number of benzene rings is 1. The average Bonchev–Trinajstić information content (AvgIpc) is 2.82. The lowest BCUT2D eigenvalue weighted by molar-refractivity contribution is -0.151. The van der Waals surface area contributed by atoms with Crippen molar-refractivity contribution in [3.05, 3.63) is 34.9 Å². The first-order valence-electron chi connectivity index (χ1n) is 11.4. The molecule has 182 valence electrons. The number of likely N-dealkylation sites (tertiary alicyclic amines) is 1. The van der Waals surface area contributed by atoms with Crippen molar-refractivity contribution < 1.29 is 23.9 Å². The number of ether oxygens (including phenoxy) is 1. The van der Waals surface area contributed by atoms with Crippen molar-refractivity contribution in [1.29, 1.82) is 0 Å². The molecule has 8 nitrogen and oxygen atoms in total. The van der Waals surface area contributed by atoms with Crippen LogP contribution in [-0.4, -0.2) is 72.8 Å². The van der Waals surface area contributed by atoms with Crippen LogP contribution < -0.4 is 5.32 Å². The summed E-state index contributed by atoms with van der Waals surface area (Å²) in [6, 6.07) is 5.68. The number of carbonyl (C=O) groups is 4. The first-order chi connectivity index (χ1) is 15.7. The van der Waals surface area contributed by atoms with E-state index in [4.69, 9.17) is 16.3 Å². The molecular formula is C24H34ClN3O5. The minimum absolute atomic E-state index is 0.0906. The van der Waals surface area contributed by atoms with Gasteiger partial charge < -0.3 is 19.9 Å². The molecule has 33 heavy (non-hydrogen) atoms. The zero-order valence-electron chi connectivity index (χ0n) is 19.8. The van der Waals surface area contributed by atoms with Gasteiger partial charge in [0.25, 0.3) is 5.91 Å². The lowest BCUT2D eigenvalue weighted by atomic mass is 9.96. The summed E-state index contributed by atoms with van der Waals surface area (Å²) in [6.45, 7) is 6.76. The summed E-state index contributed by atoms with van der Waals surface area (Å²) >= 11 is 5.89. The number of halogens is 1. The van der Waals surface area contributed by atoms with E-state index in [-0.39, 0.29) is 42.1 Å². The first kappa shape index (κ1) is 26.6. The van der Waals surface area contributed by atoms with Crippen LogP contribution in [0.1, 0.15) is 50.4 Å². The molecule has 0 aliphatic carbocycles. The van der Waals surface area contributed by atoms with Crippen LogP contribution in [-0.2, 0) is 19.1 Å².